The molecule has 0 aliphatic carbocycles. The molecule has 1 aromatic rings. The van der Waals surface area contributed by atoms with Crippen LogP contribution in [0.4, 0.5) is 5.95 Å². The van der Waals surface area contributed by atoms with Crippen molar-refractivity contribution in [1.29, 1.82) is 0 Å². The summed E-state index contributed by atoms with van der Waals surface area (Å²) in [6.45, 7) is 4.91. The summed E-state index contributed by atoms with van der Waals surface area (Å²) in [5, 5.41) is 10.2. The first-order valence-corrected chi connectivity index (χ1v) is 5.29. The predicted molar refractivity (Wildman–Crippen MR) is 58.9 cm³/mol. The van der Waals surface area contributed by atoms with E-state index >= 15 is 0 Å². The van der Waals surface area contributed by atoms with Gasteiger partial charge in [-0.3, -0.25) is 5.10 Å². The Morgan fingerprint density at radius 3 is 2.73 bits per heavy atom. The highest BCUT2D eigenvalue weighted by molar-refractivity contribution is 5.29. The summed E-state index contributed by atoms with van der Waals surface area (Å²) < 4.78 is 0. The van der Waals surface area contributed by atoms with Gasteiger partial charge in [0.25, 0.3) is 0 Å². The van der Waals surface area contributed by atoms with Crippen LogP contribution in [0.15, 0.2) is 0 Å². The number of rotatable bonds is 3. The Morgan fingerprint density at radius 2 is 2.07 bits per heavy atom. The van der Waals surface area contributed by atoms with Crippen LogP contribution < -0.4 is 10.2 Å². The number of H-pyrrole nitrogens is 1. The monoisotopic (exact) mass is 210 g/mol. The molecule has 0 atom stereocenters. The van der Waals surface area contributed by atoms with Crippen LogP contribution in [0.25, 0.3) is 0 Å². The number of aromatic amines is 1. The number of hydrogen-bond donors (Lipinski definition) is 2. The van der Waals surface area contributed by atoms with Crippen molar-refractivity contribution in [3.63, 3.8) is 0 Å². The highest BCUT2D eigenvalue weighted by atomic mass is 15.4. The Morgan fingerprint density at radius 1 is 1.33 bits per heavy atom. The van der Waals surface area contributed by atoms with Gasteiger partial charge in [0.05, 0.1) is 6.54 Å². The summed E-state index contributed by atoms with van der Waals surface area (Å²) in [6, 6.07) is 0. The van der Waals surface area contributed by atoms with Crippen molar-refractivity contribution in [2.75, 3.05) is 45.2 Å². The van der Waals surface area contributed by atoms with Gasteiger partial charge in [-0.2, -0.15) is 4.98 Å². The van der Waals surface area contributed by atoms with Crippen molar-refractivity contribution in [3.8, 4) is 0 Å². The summed E-state index contributed by atoms with van der Waals surface area (Å²) >= 11 is 0. The molecule has 1 aromatic heterocycles. The van der Waals surface area contributed by atoms with Crippen LogP contribution >= 0.6 is 0 Å². The molecule has 0 aromatic carbocycles. The van der Waals surface area contributed by atoms with Gasteiger partial charge in [-0.1, -0.05) is 0 Å². The molecule has 1 saturated heterocycles. The SMILES string of the molecule is CNCc1nc(N2CCN(C)CC2)n[nH]1. The average Bonchev–Trinajstić information content (AvgIpc) is 2.68. The quantitative estimate of drug-likeness (QED) is 0.689. The third-order valence-electron chi connectivity index (χ3n) is 2.65. The van der Waals surface area contributed by atoms with E-state index in [0.717, 1.165) is 44.5 Å². The number of anilines is 1. The molecule has 1 aliphatic heterocycles. The zero-order valence-electron chi connectivity index (χ0n) is 9.32. The fourth-order valence-electron chi connectivity index (χ4n) is 1.68. The van der Waals surface area contributed by atoms with Crippen molar-refractivity contribution in [1.82, 2.24) is 25.4 Å². The molecule has 6 nitrogen and oxygen atoms in total. The zero-order valence-corrected chi connectivity index (χ0v) is 9.32. The lowest BCUT2D eigenvalue weighted by Gasteiger charge is -2.31. The van der Waals surface area contributed by atoms with E-state index in [0.29, 0.717) is 0 Å². The second kappa shape index (κ2) is 4.59. The molecule has 0 radical (unpaired) electrons. The Balaban J connectivity index is 1.96. The third kappa shape index (κ3) is 2.45. The van der Waals surface area contributed by atoms with E-state index in [1.807, 2.05) is 7.05 Å². The fourth-order valence-corrected chi connectivity index (χ4v) is 1.68. The molecule has 0 bridgehead atoms. The maximum absolute atomic E-state index is 4.43. The smallest absolute Gasteiger partial charge is 0.244 e. The van der Waals surface area contributed by atoms with Crippen molar-refractivity contribution in [2.45, 2.75) is 6.54 Å². The maximum atomic E-state index is 4.43. The van der Waals surface area contributed by atoms with Crippen LogP contribution in [-0.2, 0) is 6.54 Å². The van der Waals surface area contributed by atoms with Gasteiger partial charge in [-0.25, -0.2) is 0 Å². The highest BCUT2D eigenvalue weighted by Crippen LogP contribution is 2.09. The minimum absolute atomic E-state index is 0.737. The number of likely N-dealkylation sites (N-methyl/N-ethyl adjacent to an activating group) is 1. The Kier molecular flexibility index (Phi) is 3.17. The van der Waals surface area contributed by atoms with Gasteiger partial charge >= 0.3 is 0 Å². The van der Waals surface area contributed by atoms with Crippen LogP contribution in [-0.4, -0.2) is 60.4 Å². The van der Waals surface area contributed by atoms with Gasteiger partial charge in [-0.15, -0.1) is 5.10 Å². The van der Waals surface area contributed by atoms with Crippen LogP contribution in [0.1, 0.15) is 5.82 Å². The minimum Gasteiger partial charge on any atom is -0.337 e. The normalized spacial score (nSPS) is 18.4. The summed E-state index contributed by atoms with van der Waals surface area (Å²) in [7, 11) is 4.04. The second-order valence-corrected chi connectivity index (χ2v) is 3.90. The third-order valence-corrected chi connectivity index (χ3v) is 2.65. The lowest BCUT2D eigenvalue weighted by molar-refractivity contribution is 0.311. The van der Waals surface area contributed by atoms with Gasteiger partial charge in [0, 0.05) is 26.2 Å². The first-order valence-electron chi connectivity index (χ1n) is 5.29. The van der Waals surface area contributed by atoms with Crippen molar-refractivity contribution < 1.29 is 0 Å². The summed E-state index contributed by atoms with van der Waals surface area (Å²) in [5.74, 6) is 1.72. The molecular weight excluding hydrogens is 192 g/mol. The Labute approximate surface area is 89.7 Å². The van der Waals surface area contributed by atoms with E-state index in [2.05, 4.69) is 37.3 Å². The molecule has 1 fully saturated rings. The molecule has 15 heavy (non-hydrogen) atoms. The molecule has 0 amide bonds. The number of hydrogen-bond acceptors (Lipinski definition) is 5. The van der Waals surface area contributed by atoms with E-state index < -0.39 is 0 Å². The van der Waals surface area contributed by atoms with E-state index in [9.17, 15) is 0 Å². The van der Waals surface area contributed by atoms with Gasteiger partial charge in [0.1, 0.15) is 5.82 Å². The highest BCUT2D eigenvalue weighted by Gasteiger charge is 2.17. The fraction of sp³-hybridized carbons (Fsp3) is 0.778. The average molecular weight is 210 g/mol. The van der Waals surface area contributed by atoms with Crippen LogP contribution in [0, 0.1) is 0 Å². The first kappa shape index (κ1) is 10.4. The second-order valence-electron chi connectivity index (χ2n) is 3.90. The zero-order chi connectivity index (χ0) is 10.7. The van der Waals surface area contributed by atoms with Gasteiger partial charge in [0.15, 0.2) is 0 Å². The Hall–Kier alpha value is -1.14. The summed E-state index contributed by atoms with van der Waals surface area (Å²) in [4.78, 5) is 8.96. The van der Waals surface area contributed by atoms with Crippen LogP contribution in [0.3, 0.4) is 0 Å². The van der Waals surface area contributed by atoms with Crippen molar-refractivity contribution in [3.05, 3.63) is 5.82 Å². The molecule has 2 N–H and O–H groups in total. The van der Waals surface area contributed by atoms with E-state index in [4.69, 9.17) is 0 Å². The molecule has 2 rings (SSSR count). The summed E-state index contributed by atoms with van der Waals surface area (Å²) in [5.41, 5.74) is 0. The van der Waals surface area contributed by atoms with Gasteiger partial charge < -0.3 is 15.1 Å². The van der Waals surface area contributed by atoms with Gasteiger partial charge in [-0.05, 0) is 14.1 Å². The number of nitrogens with one attached hydrogen (secondary N) is 2. The topological polar surface area (TPSA) is 60.1 Å². The first-order chi connectivity index (χ1) is 7.29. The molecule has 84 valence electrons. The van der Waals surface area contributed by atoms with Crippen molar-refractivity contribution in [2.24, 2.45) is 0 Å². The molecule has 6 heteroatoms. The molecular formula is C9H18N6. The largest absolute Gasteiger partial charge is 0.337 e. The lowest BCUT2D eigenvalue weighted by Crippen LogP contribution is -2.44. The van der Waals surface area contributed by atoms with Crippen molar-refractivity contribution >= 4 is 5.95 Å². The number of nitrogens with zero attached hydrogens (tertiary/aromatic N) is 4. The van der Waals surface area contributed by atoms with E-state index in [1.165, 1.54) is 0 Å². The molecule has 0 unspecified atom stereocenters. The Bertz CT molecular complexity index is 301. The molecule has 2 heterocycles. The van der Waals surface area contributed by atoms with Gasteiger partial charge in [0.2, 0.25) is 5.95 Å². The number of aromatic nitrogens is 3. The maximum Gasteiger partial charge on any atom is 0.244 e. The molecule has 0 saturated carbocycles. The molecule has 1 aliphatic rings. The summed E-state index contributed by atoms with van der Waals surface area (Å²) in [6.07, 6.45) is 0. The van der Waals surface area contributed by atoms with E-state index in [-0.39, 0.29) is 0 Å². The standard InChI is InChI=1S/C9H18N6/c1-10-7-8-11-9(13-12-8)15-5-3-14(2)4-6-15/h10H,3-7H2,1-2H3,(H,11,12,13). The van der Waals surface area contributed by atoms with Crippen LogP contribution in [0.2, 0.25) is 0 Å². The minimum atomic E-state index is 0.737. The molecule has 0 spiro atoms. The van der Waals surface area contributed by atoms with E-state index in [1.54, 1.807) is 0 Å². The number of piperazine rings is 1. The predicted octanol–water partition coefficient (Wildman–Crippen LogP) is -0.724. The lowest BCUT2D eigenvalue weighted by atomic mass is 10.3. The van der Waals surface area contributed by atoms with Crippen LogP contribution in [0.5, 0.6) is 0 Å².